The average molecular weight is 295 g/mol. The van der Waals surface area contributed by atoms with Crippen LogP contribution in [0.15, 0.2) is 18.2 Å². The first-order chi connectivity index (χ1) is 9.99. The van der Waals surface area contributed by atoms with E-state index >= 15 is 0 Å². The van der Waals surface area contributed by atoms with E-state index in [4.69, 9.17) is 14.2 Å². The van der Waals surface area contributed by atoms with Gasteiger partial charge in [0.25, 0.3) is 0 Å². The molecule has 5 heteroatoms. The third-order valence-corrected chi connectivity index (χ3v) is 3.36. The molecule has 0 saturated carbocycles. The summed E-state index contributed by atoms with van der Waals surface area (Å²) in [7, 11) is 3.21. The van der Waals surface area contributed by atoms with Crippen LogP contribution in [0, 0.1) is 6.92 Å². The fourth-order valence-corrected chi connectivity index (χ4v) is 2.17. The van der Waals surface area contributed by atoms with Gasteiger partial charge in [0.15, 0.2) is 0 Å². The van der Waals surface area contributed by atoms with Gasteiger partial charge in [-0.15, -0.1) is 0 Å². The van der Waals surface area contributed by atoms with Gasteiger partial charge in [-0.3, -0.25) is 5.32 Å². The summed E-state index contributed by atoms with van der Waals surface area (Å²) >= 11 is 0. The van der Waals surface area contributed by atoms with E-state index in [0.717, 1.165) is 11.1 Å². The Balaban J connectivity index is 3.22. The molecule has 1 N–H and O–H groups in total. The zero-order valence-electron chi connectivity index (χ0n) is 13.5. The van der Waals surface area contributed by atoms with Crippen LogP contribution in [0.4, 0.5) is 0 Å². The molecule has 0 aliphatic rings. The zero-order chi connectivity index (χ0) is 15.9. The van der Waals surface area contributed by atoms with E-state index in [1.54, 1.807) is 28.1 Å². The largest absolute Gasteiger partial charge is 0.496 e. The number of methoxy groups -OCH3 is 2. The van der Waals surface area contributed by atoms with Crippen molar-refractivity contribution in [2.24, 2.45) is 0 Å². The Kier molecular flexibility index (Phi) is 6.65. The Hall–Kier alpha value is -1.59. The maximum absolute atomic E-state index is 12.5. The van der Waals surface area contributed by atoms with Gasteiger partial charge in [-0.25, -0.2) is 4.79 Å². The number of nitrogens with one attached hydrogen (secondary N) is 1. The average Bonchev–Trinajstić information content (AvgIpc) is 2.47. The van der Waals surface area contributed by atoms with E-state index in [2.05, 4.69) is 5.32 Å². The molecule has 0 radical (unpaired) electrons. The van der Waals surface area contributed by atoms with Crippen LogP contribution in [-0.4, -0.2) is 39.9 Å². The lowest BCUT2D eigenvalue weighted by atomic mass is 9.89. The van der Waals surface area contributed by atoms with Crippen molar-refractivity contribution < 1.29 is 19.0 Å². The maximum atomic E-state index is 12.5. The Bertz CT molecular complexity index is 475. The number of hydrogen-bond acceptors (Lipinski definition) is 5. The van der Waals surface area contributed by atoms with Crippen LogP contribution in [0.25, 0.3) is 0 Å². The predicted molar refractivity (Wildman–Crippen MR) is 81.6 cm³/mol. The number of ether oxygens (including phenoxy) is 3. The number of aryl methyl sites for hydroxylation is 1. The number of carbonyl (C=O) groups is 1. The maximum Gasteiger partial charge on any atom is 0.330 e. The topological polar surface area (TPSA) is 56.8 Å². The summed E-state index contributed by atoms with van der Waals surface area (Å²) in [5, 5.41) is 3.22. The minimum Gasteiger partial charge on any atom is -0.496 e. The third kappa shape index (κ3) is 4.19. The van der Waals surface area contributed by atoms with Gasteiger partial charge in [-0.2, -0.15) is 0 Å². The minimum absolute atomic E-state index is 0.328. The van der Waals surface area contributed by atoms with E-state index in [1.165, 1.54) is 0 Å². The molecule has 5 nitrogen and oxygen atoms in total. The third-order valence-electron chi connectivity index (χ3n) is 3.36. The molecule has 0 spiro atoms. The number of hydrogen-bond donors (Lipinski definition) is 1. The Labute approximate surface area is 126 Å². The number of benzene rings is 1. The molecule has 0 aliphatic carbocycles. The molecular weight excluding hydrogens is 270 g/mol. The van der Waals surface area contributed by atoms with Crippen molar-refractivity contribution >= 4 is 5.97 Å². The van der Waals surface area contributed by atoms with Crippen LogP contribution in [0.1, 0.15) is 25.0 Å². The second-order valence-corrected chi connectivity index (χ2v) is 4.97. The van der Waals surface area contributed by atoms with Crippen LogP contribution in [0.3, 0.4) is 0 Å². The summed E-state index contributed by atoms with van der Waals surface area (Å²) in [6.45, 7) is 6.93. The predicted octanol–water partition coefficient (Wildman–Crippen LogP) is 2.02. The van der Waals surface area contributed by atoms with Crippen molar-refractivity contribution in [3.8, 4) is 5.75 Å². The lowest BCUT2D eigenvalue weighted by Crippen LogP contribution is -2.49. The summed E-state index contributed by atoms with van der Waals surface area (Å²) in [5.74, 6) is 0.325. The van der Waals surface area contributed by atoms with E-state index in [9.17, 15) is 4.79 Å². The first-order valence-corrected chi connectivity index (χ1v) is 7.05. The van der Waals surface area contributed by atoms with Gasteiger partial charge in [0.1, 0.15) is 11.3 Å². The van der Waals surface area contributed by atoms with Gasteiger partial charge in [0.05, 0.1) is 20.3 Å². The van der Waals surface area contributed by atoms with Gasteiger partial charge < -0.3 is 14.2 Å². The smallest absolute Gasteiger partial charge is 0.330 e. The molecular formula is C16H25NO4. The molecule has 0 amide bonds. The Morgan fingerprint density at radius 2 is 2.05 bits per heavy atom. The molecule has 1 atom stereocenters. The lowest BCUT2D eigenvalue weighted by molar-refractivity contribution is -0.151. The van der Waals surface area contributed by atoms with E-state index < -0.39 is 5.54 Å². The lowest BCUT2D eigenvalue weighted by Gasteiger charge is -2.30. The van der Waals surface area contributed by atoms with E-state index in [0.29, 0.717) is 25.5 Å². The van der Waals surface area contributed by atoms with Crippen molar-refractivity contribution in [2.45, 2.75) is 26.3 Å². The van der Waals surface area contributed by atoms with Gasteiger partial charge >= 0.3 is 5.97 Å². The molecule has 0 heterocycles. The zero-order valence-corrected chi connectivity index (χ0v) is 13.5. The number of carbonyl (C=O) groups excluding carboxylic acids is 1. The van der Waals surface area contributed by atoms with Crippen molar-refractivity contribution in [1.29, 1.82) is 0 Å². The van der Waals surface area contributed by atoms with Crippen molar-refractivity contribution in [3.05, 3.63) is 29.3 Å². The monoisotopic (exact) mass is 295 g/mol. The first-order valence-electron chi connectivity index (χ1n) is 7.05. The van der Waals surface area contributed by atoms with Gasteiger partial charge in [0.2, 0.25) is 0 Å². The molecule has 1 aromatic carbocycles. The van der Waals surface area contributed by atoms with Gasteiger partial charge in [-0.05, 0) is 32.9 Å². The van der Waals surface area contributed by atoms with E-state index in [1.807, 2.05) is 25.1 Å². The molecule has 0 fully saturated rings. The SMILES string of the molecule is CCOC(=O)C(C)(NCCOC)c1cc(C)ccc1OC. The normalized spacial score (nSPS) is 13.6. The molecule has 1 aromatic rings. The van der Waals surface area contributed by atoms with Crippen molar-refractivity contribution in [3.63, 3.8) is 0 Å². The summed E-state index contributed by atoms with van der Waals surface area (Å²) in [6.07, 6.45) is 0. The fourth-order valence-electron chi connectivity index (χ4n) is 2.17. The molecule has 0 saturated heterocycles. The highest BCUT2D eigenvalue weighted by atomic mass is 16.5. The Morgan fingerprint density at radius 3 is 2.62 bits per heavy atom. The molecule has 0 bridgehead atoms. The van der Waals surface area contributed by atoms with Gasteiger partial charge in [0, 0.05) is 19.2 Å². The van der Waals surface area contributed by atoms with Crippen molar-refractivity contribution in [1.82, 2.24) is 5.32 Å². The van der Waals surface area contributed by atoms with Crippen LogP contribution in [0.5, 0.6) is 5.75 Å². The molecule has 1 rings (SSSR count). The molecule has 0 aromatic heterocycles. The highest BCUT2D eigenvalue weighted by molar-refractivity contribution is 5.83. The second-order valence-electron chi connectivity index (χ2n) is 4.97. The summed E-state index contributed by atoms with van der Waals surface area (Å²) < 4.78 is 15.7. The number of esters is 1. The highest BCUT2D eigenvalue weighted by Crippen LogP contribution is 2.32. The molecule has 1 unspecified atom stereocenters. The van der Waals surface area contributed by atoms with Crippen LogP contribution < -0.4 is 10.1 Å². The first kappa shape index (κ1) is 17.5. The van der Waals surface area contributed by atoms with Gasteiger partial charge in [-0.1, -0.05) is 11.6 Å². The number of rotatable bonds is 8. The minimum atomic E-state index is -0.980. The summed E-state index contributed by atoms with van der Waals surface area (Å²) in [5.41, 5.74) is 0.834. The highest BCUT2D eigenvalue weighted by Gasteiger charge is 2.38. The molecule has 21 heavy (non-hydrogen) atoms. The summed E-state index contributed by atoms with van der Waals surface area (Å²) in [4.78, 5) is 12.5. The quantitative estimate of drug-likeness (QED) is 0.587. The fraction of sp³-hybridized carbons (Fsp3) is 0.562. The second kappa shape index (κ2) is 8.00. The molecule has 118 valence electrons. The van der Waals surface area contributed by atoms with Crippen LogP contribution in [0.2, 0.25) is 0 Å². The molecule has 0 aliphatic heterocycles. The van der Waals surface area contributed by atoms with Crippen LogP contribution >= 0.6 is 0 Å². The van der Waals surface area contributed by atoms with Crippen LogP contribution in [-0.2, 0) is 19.8 Å². The van der Waals surface area contributed by atoms with E-state index in [-0.39, 0.29) is 5.97 Å². The standard InChI is InChI=1S/C16H25NO4/c1-6-21-15(18)16(3,17-9-10-19-4)13-11-12(2)7-8-14(13)20-5/h7-8,11,17H,6,9-10H2,1-5H3. The Morgan fingerprint density at radius 1 is 1.33 bits per heavy atom. The van der Waals surface area contributed by atoms with Crippen molar-refractivity contribution in [2.75, 3.05) is 34.0 Å². The summed E-state index contributed by atoms with van der Waals surface area (Å²) in [6, 6.07) is 5.75.